The number of carbonyl (C=O) groups is 1. The smallest absolute Gasteiger partial charge is 0.321 e. The van der Waals surface area contributed by atoms with Crippen molar-refractivity contribution in [3.05, 3.63) is 58.9 Å². The van der Waals surface area contributed by atoms with Crippen LogP contribution >= 0.6 is 11.6 Å². The average Bonchev–Trinajstić information content (AvgIpc) is 2.41. The Morgan fingerprint density at radius 1 is 1.14 bits per heavy atom. The minimum absolute atomic E-state index is 0.0806. The van der Waals surface area contributed by atoms with Crippen LogP contribution in [0.2, 0.25) is 5.02 Å². The maximum atomic E-state index is 13.3. The van der Waals surface area contributed by atoms with Crippen LogP contribution < -0.4 is 5.32 Å². The van der Waals surface area contributed by atoms with Gasteiger partial charge in [0, 0.05) is 5.56 Å². The van der Waals surface area contributed by atoms with Gasteiger partial charge in [-0.3, -0.25) is 4.79 Å². The summed E-state index contributed by atoms with van der Waals surface area (Å²) in [7, 11) is -4.99. The van der Waals surface area contributed by atoms with Crippen LogP contribution in [-0.2, 0) is 10.2 Å². The Morgan fingerprint density at radius 2 is 1.81 bits per heavy atom. The van der Waals surface area contributed by atoms with E-state index in [9.17, 15) is 21.5 Å². The molecule has 2 aromatic rings. The molecule has 0 atom stereocenters. The molecule has 110 valence electrons. The number of hydrogen-bond donors (Lipinski definition) is 1. The van der Waals surface area contributed by atoms with E-state index in [0.29, 0.717) is 0 Å². The third-order valence-corrected chi connectivity index (χ3v) is 3.77. The second-order valence-corrected chi connectivity index (χ2v) is 5.74. The van der Waals surface area contributed by atoms with E-state index in [-0.39, 0.29) is 16.3 Å². The number of nitrogens with one attached hydrogen (secondary N) is 1. The third kappa shape index (κ3) is 3.56. The Hall–Kier alpha value is -1.99. The number of carbonyl (C=O) groups excluding carboxylic acids is 1. The summed E-state index contributed by atoms with van der Waals surface area (Å²) in [5.74, 6) is -1.59. The van der Waals surface area contributed by atoms with Crippen molar-refractivity contribution >= 4 is 33.4 Å². The summed E-state index contributed by atoms with van der Waals surface area (Å²) in [6.45, 7) is 0. The normalized spacial score (nSPS) is 11.2. The summed E-state index contributed by atoms with van der Waals surface area (Å²) in [4.78, 5) is 11.2. The van der Waals surface area contributed by atoms with Crippen molar-refractivity contribution in [2.75, 3.05) is 5.32 Å². The van der Waals surface area contributed by atoms with Crippen molar-refractivity contribution in [3.8, 4) is 0 Å². The molecule has 1 amide bonds. The van der Waals surface area contributed by atoms with E-state index in [1.807, 2.05) is 0 Å². The Kier molecular flexibility index (Phi) is 4.24. The zero-order chi connectivity index (χ0) is 15.6. The molecule has 0 heterocycles. The third-order valence-electron chi connectivity index (χ3n) is 2.58. The summed E-state index contributed by atoms with van der Waals surface area (Å²) in [6.07, 6.45) is 0. The summed E-state index contributed by atoms with van der Waals surface area (Å²) >= 11 is 5.49. The maximum absolute atomic E-state index is 13.3. The molecule has 8 heteroatoms. The first kappa shape index (κ1) is 15.4. The van der Waals surface area contributed by atoms with Gasteiger partial charge in [0.2, 0.25) is 0 Å². The minimum atomic E-state index is -4.99. The van der Waals surface area contributed by atoms with Gasteiger partial charge in [-0.2, -0.15) is 8.42 Å². The lowest BCUT2D eigenvalue weighted by Gasteiger charge is -2.08. The Bertz CT molecular complexity index is 809. The van der Waals surface area contributed by atoms with Gasteiger partial charge in [-0.1, -0.05) is 23.7 Å². The van der Waals surface area contributed by atoms with Gasteiger partial charge in [-0.25, -0.2) is 4.39 Å². The molecular weight excluding hydrogens is 324 g/mol. The van der Waals surface area contributed by atoms with E-state index in [4.69, 9.17) is 11.6 Å². The number of hydrogen-bond acceptors (Lipinski definition) is 3. The van der Waals surface area contributed by atoms with Crippen LogP contribution in [0.25, 0.3) is 0 Å². The van der Waals surface area contributed by atoms with Crippen LogP contribution in [0.15, 0.2) is 47.4 Å². The molecule has 2 rings (SSSR count). The predicted octanol–water partition coefficient (Wildman–Crippen LogP) is 3.39. The second-order valence-electron chi connectivity index (χ2n) is 4.02. The lowest BCUT2D eigenvalue weighted by Crippen LogP contribution is -2.14. The van der Waals surface area contributed by atoms with Crippen LogP contribution in [0.3, 0.4) is 0 Å². The topological polar surface area (TPSA) is 63.2 Å². The molecule has 0 aromatic heterocycles. The van der Waals surface area contributed by atoms with E-state index in [1.165, 1.54) is 30.3 Å². The molecule has 0 bridgehead atoms. The molecule has 21 heavy (non-hydrogen) atoms. The van der Waals surface area contributed by atoms with Crippen molar-refractivity contribution in [1.82, 2.24) is 0 Å². The van der Waals surface area contributed by atoms with E-state index >= 15 is 0 Å². The molecule has 0 spiro atoms. The molecule has 0 fully saturated rings. The number of anilines is 1. The molecular formula is C13H8ClF2NO3S. The Balaban J connectivity index is 2.34. The van der Waals surface area contributed by atoms with Gasteiger partial charge >= 0.3 is 10.2 Å². The fourth-order valence-electron chi connectivity index (χ4n) is 1.61. The van der Waals surface area contributed by atoms with Gasteiger partial charge in [-0.15, -0.1) is 3.89 Å². The number of amides is 1. The molecule has 4 nitrogen and oxygen atoms in total. The Labute approximate surface area is 124 Å². The first-order chi connectivity index (χ1) is 9.79. The fraction of sp³-hybridized carbons (Fsp3) is 0. The van der Waals surface area contributed by atoms with Crippen molar-refractivity contribution < 1.29 is 21.5 Å². The SMILES string of the molecule is O=C(Nc1ccccc1S(=O)(=O)F)c1ccc(Cl)c(F)c1. The quantitative estimate of drug-likeness (QED) is 0.877. The lowest BCUT2D eigenvalue weighted by atomic mass is 10.2. The van der Waals surface area contributed by atoms with E-state index in [2.05, 4.69) is 5.32 Å². The second kappa shape index (κ2) is 5.79. The fourth-order valence-corrected chi connectivity index (χ4v) is 2.35. The lowest BCUT2D eigenvalue weighted by molar-refractivity contribution is 0.102. The number of para-hydroxylation sites is 1. The molecule has 0 aliphatic rings. The highest BCUT2D eigenvalue weighted by molar-refractivity contribution is 7.86. The molecule has 0 aliphatic carbocycles. The Morgan fingerprint density at radius 3 is 2.43 bits per heavy atom. The van der Waals surface area contributed by atoms with Crippen molar-refractivity contribution in [1.29, 1.82) is 0 Å². The average molecular weight is 332 g/mol. The molecule has 0 radical (unpaired) electrons. The highest BCUT2D eigenvalue weighted by atomic mass is 35.5. The summed E-state index contributed by atoms with van der Waals surface area (Å²) in [5, 5.41) is 2.06. The van der Waals surface area contributed by atoms with Crippen LogP contribution in [0.1, 0.15) is 10.4 Å². The number of halogens is 3. The first-order valence-corrected chi connectivity index (χ1v) is 7.35. The van der Waals surface area contributed by atoms with Crippen LogP contribution in [0.5, 0.6) is 0 Å². The van der Waals surface area contributed by atoms with Crippen LogP contribution in [0.4, 0.5) is 14.0 Å². The molecule has 0 aliphatic heterocycles. The molecule has 2 aromatic carbocycles. The number of benzene rings is 2. The molecule has 0 unspecified atom stereocenters. The van der Waals surface area contributed by atoms with Gasteiger partial charge in [0.25, 0.3) is 5.91 Å². The van der Waals surface area contributed by atoms with E-state index < -0.39 is 26.8 Å². The van der Waals surface area contributed by atoms with E-state index in [0.717, 1.165) is 12.1 Å². The summed E-state index contributed by atoms with van der Waals surface area (Å²) < 4.78 is 48.3. The monoisotopic (exact) mass is 331 g/mol. The van der Waals surface area contributed by atoms with Gasteiger partial charge in [0.15, 0.2) is 0 Å². The molecule has 0 saturated heterocycles. The maximum Gasteiger partial charge on any atom is 0.334 e. The predicted molar refractivity (Wildman–Crippen MR) is 74.1 cm³/mol. The first-order valence-electron chi connectivity index (χ1n) is 5.59. The van der Waals surface area contributed by atoms with Crippen molar-refractivity contribution in [2.24, 2.45) is 0 Å². The standard InChI is InChI=1S/C13H8ClF2NO3S/c14-9-6-5-8(7-10(9)15)13(18)17-11-3-1-2-4-12(11)21(16,19)20/h1-7H,(H,17,18). The summed E-state index contributed by atoms with van der Waals surface area (Å²) in [5.41, 5.74) is -0.316. The molecule has 0 saturated carbocycles. The highest BCUT2D eigenvalue weighted by Crippen LogP contribution is 2.23. The number of rotatable bonds is 3. The zero-order valence-electron chi connectivity index (χ0n) is 10.3. The van der Waals surface area contributed by atoms with Gasteiger partial charge in [-0.05, 0) is 30.3 Å². The van der Waals surface area contributed by atoms with Crippen molar-refractivity contribution in [3.63, 3.8) is 0 Å². The van der Waals surface area contributed by atoms with Gasteiger partial charge < -0.3 is 5.32 Å². The van der Waals surface area contributed by atoms with Gasteiger partial charge in [0.1, 0.15) is 10.7 Å². The van der Waals surface area contributed by atoms with E-state index in [1.54, 1.807) is 0 Å². The van der Waals surface area contributed by atoms with Crippen molar-refractivity contribution in [2.45, 2.75) is 4.90 Å². The molecule has 1 N–H and O–H groups in total. The minimum Gasteiger partial charge on any atom is -0.321 e. The zero-order valence-corrected chi connectivity index (χ0v) is 11.9. The highest BCUT2D eigenvalue weighted by Gasteiger charge is 2.19. The largest absolute Gasteiger partial charge is 0.334 e. The van der Waals surface area contributed by atoms with Crippen LogP contribution in [0, 0.1) is 5.82 Å². The van der Waals surface area contributed by atoms with Gasteiger partial charge in [0.05, 0.1) is 10.7 Å². The van der Waals surface area contributed by atoms with Crippen LogP contribution in [-0.4, -0.2) is 14.3 Å². The summed E-state index contributed by atoms with van der Waals surface area (Å²) in [6, 6.07) is 8.29.